The van der Waals surface area contributed by atoms with Crippen LogP contribution in [0.4, 0.5) is 0 Å². The van der Waals surface area contributed by atoms with E-state index < -0.39 is 0 Å². The van der Waals surface area contributed by atoms with Crippen LogP contribution in [-0.4, -0.2) is 51.7 Å². The van der Waals surface area contributed by atoms with Crippen LogP contribution in [0.5, 0.6) is 0 Å². The molecular weight excluding hydrogens is 304 g/mol. The quantitative estimate of drug-likeness (QED) is 0.865. The molecule has 2 aromatic heterocycles. The van der Waals surface area contributed by atoms with Gasteiger partial charge in [-0.25, -0.2) is 0 Å². The predicted octanol–water partition coefficient (Wildman–Crippen LogP) is 2.63. The predicted molar refractivity (Wildman–Crippen MR) is 92.0 cm³/mol. The van der Waals surface area contributed by atoms with Gasteiger partial charge in [0.15, 0.2) is 0 Å². The van der Waals surface area contributed by atoms with Crippen LogP contribution in [0.25, 0.3) is 0 Å². The first-order valence-electron chi connectivity index (χ1n) is 8.56. The van der Waals surface area contributed by atoms with Gasteiger partial charge in [-0.2, -0.15) is 5.10 Å². The van der Waals surface area contributed by atoms with Gasteiger partial charge in [-0.1, -0.05) is 0 Å². The molecule has 1 fully saturated rings. The summed E-state index contributed by atoms with van der Waals surface area (Å²) < 4.78 is 7.46. The van der Waals surface area contributed by atoms with Crippen LogP contribution in [0.15, 0.2) is 22.7 Å². The van der Waals surface area contributed by atoms with Gasteiger partial charge < -0.3 is 9.32 Å². The molecule has 1 aliphatic heterocycles. The van der Waals surface area contributed by atoms with Gasteiger partial charge in [-0.15, -0.1) is 0 Å². The molecule has 0 unspecified atom stereocenters. The number of hydrogen-bond donors (Lipinski definition) is 0. The Morgan fingerprint density at radius 2 is 1.96 bits per heavy atom. The van der Waals surface area contributed by atoms with Gasteiger partial charge in [0.2, 0.25) is 0 Å². The highest BCUT2D eigenvalue weighted by Crippen LogP contribution is 2.17. The molecule has 0 radical (unpaired) electrons. The normalized spacial score (nSPS) is 16.1. The van der Waals surface area contributed by atoms with E-state index in [1.54, 1.807) is 0 Å². The lowest BCUT2D eigenvalue weighted by Gasteiger charge is -2.34. The first kappa shape index (κ1) is 16.8. The number of aryl methyl sites for hydroxylation is 2. The summed E-state index contributed by atoms with van der Waals surface area (Å²) in [4.78, 5) is 16.9. The standard InChI is InChI=1S/C18H26N4O2/c1-13(2)22-6-5-16(19-22)12-20-7-9-21(10-8-20)18(23)17-11-14(3)24-15(17)4/h5-6,11,13H,7-10,12H2,1-4H3. The fourth-order valence-corrected chi connectivity index (χ4v) is 3.10. The molecular formula is C18H26N4O2. The van der Waals surface area contributed by atoms with E-state index in [0.717, 1.165) is 44.2 Å². The fourth-order valence-electron chi connectivity index (χ4n) is 3.10. The van der Waals surface area contributed by atoms with Crippen LogP contribution in [0.1, 0.15) is 47.5 Å². The van der Waals surface area contributed by atoms with Crippen LogP contribution in [0, 0.1) is 13.8 Å². The molecule has 0 saturated carbocycles. The highest BCUT2D eigenvalue weighted by Gasteiger charge is 2.25. The fraction of sp³-hybridized carbons (Fsp3) is 0.556. The van der Waals surface area contributed by atoms with Crippen LogP contribution in [-0.2, 0) is 6.54 Å². The molecule has 0 spiro atoms. The van der Waals surface area contributed by atoms with Gasteiger partial charge in [0.1, 0.15) is 11.5 Å². The summed E-state index contributed by atoms with van der Waals surface area (Å²) in [6.45, 7) is 12.0. The molecule has 0 aromatic carbocycles. The van der Waals surface area contributed by atoms with Gasteiger partial charge in [-0.05, 0) is 39.8 Å². The maximum absolute atomic E-state index is 12.6. The van der Waals surface area contributed by atoms with Gasteiger partial charge in [0.25, 0.3) is 5.91 Å². The number of amides is 1. The monoisotopic (exact) mass is 330 g/mol. The topological polar surface area (TPSA) is 54.5 Å². The minimum atomic E-state index is 0.0769. The number of furan rings is 1. The van der Waals surface area contributed by atoms with Crippen molar-refractivity contribution >= 4 is 5.91 Å². The van der Waals surface area contributed by atoms with Crippen molar-refractivity contribution in [1.29, 1.82) is 0 Å². The lowest BCUT2D eigenvalue weighted by atomic mass is 10.2. The molecule has 1 aliphatic rings. The summed E-state index contributed by atoms with van der Waals surface area (Å²) >= 11 is 0. The van der Waals surface area contributed by atoms with E-state index in [1.807, 2.05) is 35.7 Å². The van der Waals surface area contributed by atoms with E-state index in [9.17, 15) is 4.79 Å². The second kappa shape index (κ2) is 6.81. The summed E-state index contributed by atoms with van der Waals surface area (Å²) in [6, 6.07) is 4.30. The number of rotatable bonds is 4. The molecule has 6 nitrogen and oxygen atoms in total. The molecule has 0 bridgehead atoms. The van der Waals surface area contributed by atoms with E-state index in [4.69, 9.17) is 4.42 Å². The maximum Gasteiger partial charge on any atom is 0.257 e. The Balaban J connectivity index is 1.55. The van der Waals surface area contributed by atoms with Gasteiger partial charge in [-0.3, -0.25) is 14.4 Å². The van der Waals surface area contributed by atoms with Crippen molar-refractivity contribution in [3.63, 3.8) is 0 Å². The zero-order valence-electron chi connectivity index (χ0n) is 15.0. The average Bonchev–Trinajstić information content (AvgIpc) is 3.14. The number of nitrogens with zero attached hydrogens (tertiary/aromatic N) is 4. The maximum atomic E-state index is 12.6. The number of carbonyl (C=O) groups excluding carboxylic acids is 1. The molecule has 3 rings (SSSR count). The Kier molecular flexibility index (Phi) is 4.76. The Bertz CT molecular complexity index is 708. The van der Waals surface area contributed by atoms with Gasteiger partial charge >= 0.3 is 0 Å². The van der Waals surface area contributed by atoms with Crippen molar-refractivity contribution in [2.45, 2.75) is 40.3 Å². The van der Waals surface area contributed by atoms with Crippen molar-refractivity contribution in [3.05, 3.63) is 41.1 Å². The minimum absolute atomic E-state index is 0.0769. The van der Waals surface area contributed by atoms with Gasteiger partial charge in [0, 0.05) is 45.0 Å². The molecule has 0 N–H and O–H groups in total. The highest BCUT2D eigenvalue weighted by molar-refractivity contribution is 5.95. The summed E-state index contributed by atoms with van der Waals surface area (Å²) in [5, 5.41) is 4.60. The zero-order valence-corrected chi connectivity index (χ0v) is 15.0. The van der Waals surface area contributed by atoms with Crippen molar-refractivity contribution in [2.75, 3.05) is 26.2 Å². The summed E-state index contributed by atoms with van der Waals surface area (Å²) in [5.74, 6) is 1.57. The van der Waals surface area contributed by atoms with Crippen molar-refractivity contribution in [3.8, 4) is 0 Å². The third kappa shape index (κ3) is 3.53. The minimum Gasteiger partial charge on any atom is -0.466 e. The van der Waals surface area contributed by atoms with E-state index in [1.165, 1.54) is 0 Å². The third-order valence-corrected chi connectivity index (χ3v) is 4.51. The lowest BCUT2D eigenvalue weighted by Crippen LogP contribution is -2.48. The number of hydrogen-bond acceptors (Lipinski definition) is 4. The van der Waals surface area contributed by atoms with Gasteiger partial charge in [0.05, 0.1) is 11.3 Å². The number of aromatic nitrogens is 2. The molecule has 130 valence electrons. The molecule has 1 saturated heterocycles. The summed E-state index contributed by atoms with van der Waals surface area (Å²) in [5.41, 5.74) is 1.78. The van der Waals surface area contributed by atoms with Crippen molar-refractivity contribution < 1.29 is 9.21 Å². The Hall–Kier alpha value is -2.08. The summed E-state index contributed by atoms with van der Waals surface area (Å²) in [7, 11) is 0. The first-order valence-corrected chi connectivity index (χ1v) is 8.56. The van der Waals surface area contributed by atoms with Crippen LogP contribution >= 0.6 is 0 Å². The molecule has 2 aromatic rings. The SMILES string of the molecule is Cc1cc(C(=O)N2CCN(Cc3ccn(C(C)C)n3)CC2)c(C)o1. The molecule has 0 atom stereocenters. The number of carbonyl (C=O) groups is 1. The zero-order chi connectivity index (χ0) is 17.3. The Labute approximate surface area is 143 Å². The molecule has 24 heavy (non-hydrogen) atoms. The third-order valence-electron chi connectivity index (χ3n) is 4.51. The van der Waals surface area contributed by atoms with Crippen molar-refractivity contribution in [2.24, 2.45) is 0 Å². The Morgan fingerprint density at radius 3 is 2.50 bits per heavy atom. The largest absolute Gasteiger partial charge is 0.466 e. The van der Waals surface area contributed by atoms with Crippen LogP contribution in [0.2, 0.25) is 0 Å². The lowest BCUT2D eigenvalue weighted by molar-refractivity contribution is 0.0625. The van der Waals surface area contributed by atoms with Crippen LogP contribution in [0.3, 0.4) is 0 Å². The first-order chi connectivity index (χ1) is 11.4. The van der Waals surface area contributed by atoms with E-state index in [-0.39, 0.29) is 5.91 Å². The smallest absolute Gasteiger partial charge is 0.257 e. The summed E-state index contributed by atoms with van der Waals surface area (Å²) in [6.07, 6.45) is 2.03. The van der Waals surface area contributed by atoms with Crippen molar-refractivity contribution in [1.82, 2.24) is 19.6 Å². The average molecular weight is 330 g/mol. The molecule has 3 heterocycles. The van der Waals surface area contributed by atoms with Crippen LogP contribution < -0.4 is 0 Å². The number of piperazine rings is 1. The Morgan fingerprint density at radius 1 is 1.25 bits per heavy atom. The molecule has 1 amide bonds. The van der Waals surface area contributed by atoms with E-state index in [0.29, 0.717) is 17.4 Å². The van der Waals surface area contributed by atoms with E-state index in [2.05, 4.69) is 29.9 Å². The second-order valence-electron chi connectivity index (χ2n) is 6.78. The van der Waals surface area contributed by atoms with E-state index >= 15 is 0 Å². The highest BCUT2D eigenvalue weighted by atomic mass is 16.3. The molecule has 0 aliphatic carbocycles. The second-order valence-corrected chi connectivity index (χ2v) is 6.78. The molecule has 6 heteroatoms.